The van der Waals surface area contributed by atoms with Crippen molar-refractivity contribution in [2.75, 3.05) is 11.9 Å². The molecule has 122 valence electrons. The zero-order valence-electron chi connectivity index (χ0n) is 14.3. The van der Waals surface area contributed by atoms with Crippen LogP contribution >= 0.6 is 0 Å². The number of hydrogen-bond donors (Lipinski definition) is 2. The summed E-state index contributed by atoms with van der Waals surface area (Å²) in [5.41, 5.74) is 4.83. The second kappa shape index (κ2) is 7.77. The van der Waals surface area contributed by atoms with Crippen LogP contribution in [0.2, 0.25) is 0 Å². The summed E-state index contributed by atoms with van der Waals surface area (Å²) in [5, 5.41) is 6.19. The van der Waals surface area contributed by atoms with E-state index in [1.807, 2.05) is 12.1 Å². The Balaban J connectivity index is 1.96. The molecule has 23 heavy (non-hydrogen) atoms. The van der Waals surface area contributed by atoms with E-state index in [4.69, 9.17) is 0 Å². The zero-order chi connectivity index (χ0) is 16.8. The van der Waals surface area contributed by atoms with Gasteiger partial charge in [-0.05, 0) is 61.6 Å². The second-order valence-corrected chi connectivity index (χ2v) is 6.29. The highest BCUT2D eigenvalue weighted by atomic mass is 16.1. The number of aryl methyl sites for hydroxylation is 2. The van der Waals surface area contributed by atoms with Crippen LogP contribution in [0.15, 0.2) is 36.5 Å². The van der Waals surface area contributed by atoms with Gasteiger partial charge in [0.15, 0.2) is 0 Å². The molecule has 1 heterocycles. The fraction of sp³-hybridized carbons (Fsp3) is 0.368. The lowest BCUT2D eigenvalue weighted by Gasteiger charge is -2.10. The SMILES string of the molecule is Cc1ccc(Nc2ccc(C(=O)NCCC(C)C)nc2)cc1C. The summed E-state index contributed by atoms with van der Waals surface area (Å²) < 4.78 is 0. The van der Waals surface area contributed by atoms with Gasteiger partial charge in [-0.1, -0.05) is 19.9 Å². The molecular formula is C19H25N3O. The highest BCUT2D eigenvalue weighted by molar-refractivity contribution is 5.92. The Bertz CT molecular complexity index is 663. The molecule has 4 heteroatoms. The summed E-state index contributed by atoms with van der Waals surface area (Å²) in [7, 11) is 0. The smallest absolute Gasteiger partial charge is 0.269 e. The van der Waals surface area contributed by atoms with Crippen LogP contribution in [0.3, 0.4) is 0 Å². The van der Waals surface area contributed by atoms with Gasteiger partial charge in [-0.3, -0.25) is 4.79 Å². The molecule has 0 fully saturated rings. The molecule has 0 radical (unpaired) electrons. The molecule has 0 aliphatic heterocycles. The average Bonchev–Trinajstić information content (AvgIpc) is 2.51. The lowest BCUT2D eigenvalue weighted by molar-refractivity contribution is 0.0947. The Morgan fingerprint density at radius 2 is 1.83 bits per heavy atom. The van der Waals surface area contributed by atoms with Gasteiger partial charge in [-0.2, -0.15) is 0 Å². The number of aromatic nitrogens is 1. The maximum absolute atomic E-state index is 12.0. The summed E-state index contributed by atoms with van der Waals surface area (Å²) in [6.07, 6.45) is 2.66. The van der Waals surface area contributed by atoms with E-state index in [1.165, 1.54) is 11.1 Å². The maximum atomic E-state index is 12.0. The van der Waals surface area contributed by atoms with E-state index in [9.17, 15) is 4.79 Å². The zero-order valence-corrected chi connectivity index (χ0v) is 14.3. The molecule has 0 unspecified atom stereocenters. The Morgan fingerprint density at radius 1 is 1.09 bits per heavy atom. The predicted molar refractivity (Wildman–Crippen MR) is 95.2 cm³/mol. The molecule has 2 N–H and O–H groups in total. The van der Waals surface area contributed by atoms with Gasteiger partial charge in [0, 0.05) is 12.2 Å². The highest BCUT2D eigenvalue weighted by Gasteiger charge is 2.07. The van der Waals surface area contributed by atoms with Crippen molar-refractivity contribution in [3.63, 3.8) is 0 Å². The minimum Gasteiger partial charge on any atom is -0.354 e. The third kappa shape index (κ3) is 5.09. The Kier molecular flexibility index (Phi) is 5.74. The third-order valence-electron chi connectivity index (χ3n) is 3.80. The molecule has 0 saturated heterocycles. The van der Waals surface area contributed by atoms with Gasteiger partial charge in [0.2, 0.25) is 0 Å². The summed E-state index contributed by atoms with van der Waals surface area (Å²) >= 11 is 0. The number of amides is 1. The van der Waals surface area contributed by atoms with E-state index in [0.29, 0.717) is 18.2 Å². The third-order valence-corrected chi connectivity index (χ3v) is 3.80. The molecule has 1 aromatic heterocycles. The van der Waals surface area contributed by atoms with Gasteiger partial charge < -0.3 is 10.6 Å². The first-order valence-corrected chi connectivity index (χ1v) is 8.04. The van der Waals surface area contributed by atoms with Crippen molar-refractivity contribution in [2.24, 2.45) is 5.92 Å². The van der Waals surface area contributed by atoms with Gasteiger partial charge in [-0.15, -0.1) is 0 Å². The quantitative estimate of drug-likeness (QED) is 0.840. The number of hydrogen-bond acceptors (Lipinski definition) is 3. The lowest BCUT2D eigenvalue weighted by Crippen LogP contribution is -2.26. The van der Waals surface area contributed by atoms with Crippen molar-refractivity contribution in [1.82, 2.24) is 10.3 Å². The second-order valence-electron chi connectivity index (χ2n) is 6.29. The van der Waals surface area contributed by atoms with Crippen LogP contribution in [0.1, 0.15) is 41.9 Å². The van der Waals surface area contributed by atoms with Crippen molar-refractivity contribution in [3.05, 3.63) is 53.3 Å². The average molecular weight is 311 g/mol. The number of benzene rings is 1. The molecule has 0 bridgehead atoms. The summed E-state index contributed by atoms with van der Waals surface area (Å²) in [6.45, 7) is 9.13. The van der Waals surface area contributed by atoms with Gasteiger partial charge in [0.1, 0.15) is 5.69 Å². The van der Waals surface area contributed by atoms with Crippen molar-refractivity contribution < 1.29 is 4.79 Å². The number of carbonyl (C=O) groups excluding carboxylic acids is 1. The summed E-state index contributed by atoms with van der Waals surface area (Å²) in [4.78, 5) is 16.2. The molecule has 0 aliphatic carbocycles. The Morgan fingerprint density at radius 3 is 2.43 bits per heavy atom. The minimum absolute atomic E-state index is 0.122. The minimum atomic E-state index is -0.122. The van der Waals surface area contributed by atoms with Crippen molar-refractivity contribution in [3.8, 4) is 0 Å². The van der Waals surface area contributed by atoms with Crippen molar-refractivity contribution in [2.45, 2.75) is 34.1 Å². The Labute approximate surface area is 138 Å². The number of carbonyl (C=O) groups is 1. The van der Waals surface area contributed by atoms with E-state index < -0.39 is 0 Å². The number of nitrogens with zero attached hydrogens (tertiary/aromatic N) is 1. The molecule has 0 atom stereocenters. The largest absolute Gasteiger partial charge is 0.354 e. The fourth-order valence-corrected chi connectivity index (χ4v) is 2.15. The summed E-state index contributed by atoms with van der Waals surface area (Å²) in [5.74, 6) is 0.455. The molecule has 0 aliphatic rings. The van der Waals surface area contributed by atoms with E-state index in [1.54, 1.807) is 12.3 Å². The standard InChI is InChI=1S/C19H25N3O/c1-13(2)9-10-20-19(23)18-8-7-17(12-21-18)22-16-6-5-14(3)15(4)11-16/h5-8,11-13,22H,9-10H2,1-4H3,(H,20,23). The van der Waals surface area contributed by atoms with Crippen LogP contribution in [-0.2, 0) is 0 Å². The first-order chi connectivity index (χ1) is 11.0. The number of anilines is 2. The van der Waals surface area contributed by atoms with Gasteiger partial charge in [0.25, 0.3) is 5.91 Å². The molecular weight excluding hydrogens is 286 g/mol. The van der Waals surface area contributed by atoms with E-state index in [-0.39, 0.29) is 5.91 Å². The number of pyridine rings is 1. The van der Waals surface area contributed by atoms with Crippen LogP contribution < -0.4 is 10.6 Å². The lowest BCUT2D eigenvalue weighted by atomic mass is 10.1. The first-order valence-electron chi connectivity index (χ1n) is 8.04. The molecule has 2 rings (SSSR count). The first kappa shape index (κ1) is 17.0. The monoisotopic (exact) mass is 311 g/mol. The summed E-state index contributed by atoms with van der Waals surface area (Å²) in [6, 6.07) is 9.84. The van der Waals surface area contributed by atoms with Crippen LogP contribution in [0.5, 0.6) is 0 Å². The van der Waals surface area contributed by atoms with Crippen LogP contribution in [0.25, 0.3) is 0 Å². The van der Waals surface area contributed by atoms with Crippen LogP contribution in [0.4, 0.5) is 11.4 Å². The molecule has 1 amide bonds. The van der Waals surface area contributed by atoms with E-state index >= 15 is 0 Å². The molecule has 2 aromatic rings. The maximum Gasteiger partial charge on any atom is 0.269 e. The normalized spacial score (nSPS) is 10.7. The van der Waals surface area contributed by atoms with Crippen molar-refractivity contribution in [1.29, 1.82) is 0 Å². The molecule has 0 spiro atoms. The number of nitrogens with one attached hydrogen (secondary N) is 2. The topological polar surface area (TPSA) is 54.0 Å². The molecule has 1 aromatic carbocycles. The van der Waals surface area contributed by atoms with Crippen molar-refractivity contribution >= 4 is 17.3 Å². The fourth-order valence-electron chi connectivity index (χ4n) is 2.15. The van der Waals surface area contributed by atoms with E-state index in [2.05, 4.69) is 55.4 Å². The highest BCUT2D eigenvalue weighted by Crippen LogP contribution is 2.19. The predicted octanol–water partition coefficient (Wildman–Crippen LogP) is 4.22. The van der Waals surface area contributed by atoms with Gasteiger partial charge in [0.05, 0.1) is 11.9 Å². The molecule has 0 saturated carbocycles. The molecule has 4 nitrogen and oxygen atoms in total. The van der Waals surface area contributed by atoms with Gasteiger partial charge in [-0.25, -0.2) is 4.98 Å². The number of rotatable bonds is 6. The van der Waals surface area contributed by atoms with Gasteiger partial charge >= 0.3 is 0 Å². The Hall–Kier alpha value is -2.36. The van der Waals surface area contributed by atoms with E-state index in [0.717, 1.165) is 17.8 Å². The van der Waals surface area contributed by atoms with Crippen LogP contribution in [0, 0.1) is 19.8 Å². The van der Waals surface area contributed by atoms with Crippen LogP contribution in [-0.4, -0.2) is 17.4 Å².